The van der Waals surface area contributed by atoms with Crippen LogP contribution in [0.1, 0.15) is 28.8 Å². The van der Waals surface area contributed by atoms with Gasteiger partial charge in [-0.15, -0.1) is 11.8 Å². The number of halogens is 1. The van der Waals surface area contributed by atoms with Gasteiger partial charge in [0.05, 0.1) is 0 Å². The van der Waals surface area contributed by atoms with Gasteiger partial charge in [0, 0.05) is 52.9 Å². The molecule has 0 bridgehead atoms. The van der Waals surface area contributed by atoms with Gasteiger partial charge < -0.3 is 4.90 Å². The zero-order chi connectivity index (χ0) is 18.4. The third-order valence-electron chi connectivity index (χ3n) is 4.32. The fraction of sp³-hybridized carbons (Fsp3) is 0.300. The standard InChI is InChI=1S/C20H22ClN3OS/c1-24-12-10-18(11-13-24)22-23-20(25)16-4-2-15(3-5-16)14-26-19-8-6-17(21)7-9-19/h2-9H,10-14H2,1H3,(H,23,25). The molecule has 1 N–H and O–H groups in total. The summed E-state index contributed by atoms with van der Waals surface area (Å²) in [7, 11) is 2.10. The second-order valence-corrected chi connectivity index (χ2v) is 7.85. The van der Waals surface area contributed by atoms with Gasteiger partial charge in [-0.05, 0) is 49.0 Å². The van der Waals surface area contributed by atoms with E-state index in [1.807, 2.05) is 48.5 Å². The molecule has 0 unspecified atom stereocenters. The molecule has 0 aliphatic carbocycles. The number of hydrogen-bond donors (Lipinski definition) is 1. The maximum absolute atomic E-state index is 12.2. The van der Waals surface area contributed by atoms with Crippen molar-refractivity contribution in [3.63, 3.8) is 0 Å². The van der Waals surface area contributed by atoms with Gasteiger partial charge in [0.15, 0.2) is 0 Å². The van der Waals surface area contributed by atoms with Gasteiger partial charge in [0.1, 0.15) is 0 Å². The molecule has 4 nitrogen and oxygen atoms in total. The zero-order valence-corrected chi connectivity index (χ0v) is 16.3. The Morgan fingerprint density at radius 1 is 1.12 bits per heavy atom. The summed E-state index contributed by atoms with van der Waals surface area (Å²) in [6, 6.07) is 15.5. The lowest BCUT2D eigenvalue weighted by Crippen LogP contribution is -2.32. The van der Waals surface area contributed by atoms with E-state index in [9.17, 15) is 4.79 Å². The normalized spacial score (nSPS) is 14.9. The van der Waals surface area contributed by atoms with E-state index in [1.54, 1.807) is 11.8 Å². The molecule has 0 aromatic heterocycles. The molecule has 0 spiro atoms. The van der Waals surface area contributed by atoms with Crippen LogP contribution in [0.25, 0.3) is 0 Å². The highest BCUT2D eigenvalue weighted by atomic mass is 35.5. The molecule has 0 atom stereocenters. The fourth-order valence-corrected chi connectivity index (χ4v) is 3.61. The third-order valence-corrected chi connectivity index (χ3v) is 5.65. The maximum Gasteiger partial charge on any atom is 0.271 e. The van der Waals surface area contributed by atoms with Crippen molar-refractivity contribution in [2.24, 2.45) is 5.10 Å². The smallest absolute Gasteiger partial charge is 0.271 e. The molecule has 2 aromatic carbocycles. The predicted octanol–water partition coefficient (Wildman–Crippen LogP) is 4.44. The van der Waals surface area contributed by atoms with E-state index in [-0.39, 0.29) is 5.91 Å². The molecule has 0 saturated carbocycles. The van der Waals surface area contributed by atoms with Gasteiger partial charge in [-0.1, -0.05) is 23.7 Å². The van der Waals surface area contributed by atoms with Crippen molar-refractivity contribution in [3.05, 3.63) is 64.7 Å². The molecule has 3 rings (SSSR count). The summed E-state index contributed by atoms with van der Waals surface area (Å²) >= 11 is 7.64. The Hall–Kier alpha value is -1.82. The van der Waals surface area contributed by atoms with Crippen LogP contribution in [0.2, 0.25) is 5.02 Å². The average Bonchev–Trinajstić information content (AvgIpc) is 2.67. The topological polar surface area (TPSA) is 44.7 Å². The molecule has 136 valence electrons. The summed E-state index contributed by atoms with van der Waals surface area (Å²) in [6.45, 7) is 1.99. The third kappa shape index (κ3) is 5.59. The first kappa shape index (κ1) is 19.0. The zero-order valence-electron chi connectivity index (χ0n) is 14.7. The summed E-state index contributed by atoms with van der Waals surface area (Å²) in [4.78, 5) is 15.7. The monoisotopic (exact) mass is 387 g/mol. The summed E-state index contributed by atoms with van der Waals surface area (Å²) in [5.41, 5.74) is 5.54. The Bertz CT molecular complexity index is 765. The number of hydrazone groups is 1. The Kier molecular flexibility index (Phi) is 6.72. The second-order valence-electron chi connectivity index (χ2n) is 6.36. The van der Waals surface area contributed by atoms with E-state index in [1.165, 1.54) is 10.5 Å². The second kappa shape index (κ2) is 9.21. The van der Waals surface area contributed by atoms with E-state index >= 15 is 0 Å². The van der Waals surface area contributed by atoms with Crippen LogP contribution in [0.15, 0.2) is 58.5 Å². The van der Waals surface area contributed by atoms with Crippen LogP contribution >= 0.6 is 23.4 Å². The minimum atomic E-state index is -0.159. The Labute approximate surface area is 163 Å². The number of nitrogens with one attached hydrogen (secondary N) is 1. The van der Waals surface area contributed by atoms with E-state index in [2.05, 4.69) is 22.5 Å². The Balaban J connectivity index is 1.51. The molecule has 1 heterocycles. The highest BCUT2D eigenvalue weighted by Crippen LogP contribution is 2.24. The van der Waals surface area contributed by atoms with Crippen molar-refractivity contribution in [3.8, 4) is 0 Å². The van der Waals surface area contributed by atoms with E-state index in [4.69, 9.17) is 11.6 Å². The Morgan fingerprint density at radius 2 is 1.77 bits per heavy atom. The highest BCUT2D eigenvalue weighted by Gasteiger charge is 2.12. The number of amides is 1. The number of benzene rings is 2. The van der Waals surface area contributed by atoms with Crippen LogP contribution in [0.5, 0.6) is 0 Å². The fourth-order valence-electron chi connectivity index (χ4n) is 2.63. The predicted molar refractivity (Wildman–Crippen MR) is 109 cm³/mol. The first-order valence-electron chi connectivity index (χ1n) is 8.62. The van der Waals surface area contributed by atoms with Crippen LogP contribution in [-0.2, 0) is 5.75 Å². The van der Waals surface area contributed by atoms with Crippen LogP contribution < -0.4 is 5.43 Å². The molecule has 2 aromatic rings. The lowest BCUT2D eigenvalue weighted by Gasteiger charge is -2.22. The quantitative estimate of drug-likeness (QED) is 0.609. The van der Waals surface area contributed by atoms with Gasteiger partial charge in [-0.3, -0.25) is 4.79 Å². The van der Waals surface area contributed by atoms with Crippen LogP contribution in [0.3, 0.4) is 0 Å². The molecule has 1 fully saturated rings. The highest BCUT2D eigenvalue weighted by molar-refractivity contribution is 7.98. The van der Waals surface area contributed by atoms with Crippen LogP contribution in [0.4, 0.5) is 0 Å². The molecule has 26 heavy (non-hydrogen) atoms. The molecular formula is C20H22ClN3OS. The molecule has 1 aliphatic heterocycles. The van der Waals surface area contributed by atoms with E-state index in [0.29, 0.717) is 5.56 Å². The number of piperidine rings is 1. The number of rotatable bonds is 5. The van der Waals surface area contributed by atoms with Crippen molar-refractivity contribution in [2.45, 2.75) is 23.5 Å². The summed E-state index contributed by atoms with van der Waals surface area (Å²) in [5, 5.41) is 5.02. The molecule has 0 radical (unpaired) electrons. The Morgan fingerprint density at radius 3 is 2.42 bits per heavy atom. The van der Waals surface area contributed by atoms with Crippen molar-refractivity contribution in [2.75, 3.05) is 20.1 Å². The van der Waals surface area contributed by atoms with Crippen molar-refractivity contribution >= 4 is 35.0 Å². The number of nitrogens with zero attached hydrogens (tertiary/aromatic N) is 2. The first-order valence-corrected chi connectivity index (χ1v) is 9.98. The molecule has 1 aliphatic rings. The summed E-state index contributed by atoms with van der Waals surface area (Å²) in [6.07, 6.45) is 1.83. The largest absolute Gasteiger partial charge is 0.306 e. The van der Waals surface area contributed by atoms with E-state index in [0.717, 1.165) is 42.4 Å². The molecule has 1 amide bonds. The molecular weight excluding hydrogens is 366 g/mol. The van der Waals surface area contributed by atoms with Gasteiger partial charge >= 0.3 is 0 Å². The number of carbonyl (C=O) groups excluding carboxylic acids is 1. The number of carbonyl (C=O) groups is 1. The van der Waals surface area contributed by atoms with Crippen molar-refractivity contribution in [1.82, 2.24) is 10.3 Å². The van der Waals surface area contributed by atoms with E-state index < -0.39 is 0 Å². The lowest BCUT2D eigenvalue weighted by molar-refractivity contribution is 0.0954. The lowest BCUT2D eigenvalue weighted by atomic mass is 10.1. The maximum atomic E-state index is 12.2. The van der Waals surface area contributed by atoms with Crippen molar-refractivity contribution in [1.29, 1.82) is 0 Å². The summed E-state index contributed by atoms with van der Waals surface area (Å²) in [5.74, 6) is 0.688. The number of hydrogen-bond acceptors (Lipinski definition) is 4. The van der Waals surface area contributed by atoms with Gasteiger partial charge in [0.25, 0.3) is 5.91 Å². The SMILES string of the molecule is CN1CCC(=NNC(=O)c2ccc(CSc3ccc(Cl)cc3)cc2)CC1. The molecule has 6 heteroatoms. The number of thioether (sulfide) groups is 1. The average molecular weight is 388 g/mol. The summed E-state index contributed by atoms with van der Waals surface area (Å²) < 4.78 is 0. The van der Waals surface area contributed by atoms with Crippen LogP contribution in [-0.4, -0.2) is 36.7 Å². The van der Waals surface area contributed by atoms with Crippen molar-refractivity contribution < 1.29 is 4.79 Å². The van der Waals surface area contributed by atoms with Crippen LogP contribution in [0, 0.1) is 0 Å². The van der Waals surface area contributed by atoms with Gasteiger partial charge in [-0.2, -0.15) is 5.10 Å². The number of likely N-dealkylation sites (tertiary alicyclic amines) is 1. The minimum absolute atomic E-state index is 0.159. The minimum Gasteiger partial charge on any atom is -0.306 e. The van der Waals surface area contributed by atoms with Gasteiger partial charge in [0.2, 0.25) is 0 Å². The van der Waals surface area contributed by atoms with Gasteiger partial charge in [-0.25, -0.2) is 5.43 Å². The first-order chi connectivity index (χ1) is 12.6. The molecule has 1 saturated heterocycles.